The fourth-order valence-corrected chi connectivity index (χ4v) is 2.21. The topological polar surface area (TPSA) is 73.6 Å². The molecule has 1 aliphatic heterocycles. The van der Waals surface area contributed by atoms with Crippen LogP contribution in [0.4, 0.5) is 5.69 Å². The molecular weight excluding hydrogens is 260 g/mol. The molecule has 1 aliphatic rings. The largest absolute Gasteiger partial charge is 0.487 e. The Hall–Kier alpha value is -1.82. The lowest BCUT2D eigenvalue weighted by Gasteiger charge is -2.24. The maximum atomic E-state index is 11.3. The lowest BCUT2D eigenvalue weighted by Crippen LogP contribution is -2.37. The molecule has 0 saturated carbocycles. The standard InChI is InChI=1S/C14H20N2O4/c1-2-9-19-12-6-3-7-13(14(12)16(17)18)20-11-5-4-8-15-10-11/h3,6-7,11,15H,2,4-5,8-10H2,1H3/t11-/m0/s1. The molecule has 0 aliphatic carbocycles. The van der Waals surface area contributed by atoms with E-state index in [1.165, 1.54) is 0 Å². The molecule has 0 radical (unpaired) electrons. The minimum absolute atomic E-state index is 0.0242. The first kappa shape index (κ1) is 14.6. The third-order valence-corrected chi connectivity index (χ3v) is 3.15. The molecule has 6 nitrogen and oxygen atoms in total. The smallest absolute Gasteiger partial charge is 0.352 e. The number of nitro benzene ring substituents is 1. The van der Waals surface area contributed by atoms with Crippen molar-refractivity contribution in [3.8, 4) is 11.5 Å². The van der Waals surface area contributed by atoms with Crippen molar-refractivity contribution in [2.45, 2.75) is 32.3 Å². The molecule has 1 aromatic carbocycles. The molecule has 0 spiro atoms. The van der Waals surface area contributed by atoms with Crippen LogP contribution in [0.25, 0.3) is 0 Å². The van der Waals surface area contributed by atoms with Gasteiger partial charge in [0.25, 0.3) is 0 Å². The van der Waals surface area contributed by atoms with Gasteiger partial charge >= 0.3 is 5.69 Å². The van der Waals surface area contributed by atoms with Crippen molar-refractivity contribution in [2.24, 2.45) is 0 Å². The summed E-state index contributed by atoms with van der Waals surface area (Å²) in [5, 5.41) is 14.5. The predicted octanol–water partition coefficient (Wildman–Crippen LogP) is 2.51. The normalized spacial score (nSPS) is 18.6. The second kappa shape index (κ2) is 7.09. The van der Waals surface area contributed by atoms with Crippen LogP contribution in [0.5, 0.6) is 11.5 Å². The maximum Gasteiger partial charge on any atom is 0.352 e. The zero-order valence-electron chi connectivity index (χ0n) is 11.6. The van der Waals surface area contributed by atoms with Gasteiger partial charge in [-0.15, -0.1) is 0 Å². The Morgan fingerprint density at radius 1 is 1.45 bits per heavy atom. The Balaban J connectivity index is 2.19. The molecule has 0 bridgehead atoms. The summed E-state index contributed by atoms with van der Waals surface area (Å²) in [6.45, 7) is 4.11. The van der Waals surface area contributed by atoms with Crippen molar-refractivity contribution in [3.63, 3.8) is 0 Å². The summed E-state index contributed by atoms with van der Waals surface area (Å²) in [6.07, 6.45) is 2.70. The van der Waals surface area contributed by atoms with Crippen molar-refractivity contribution in [2.75, 3.05) is 19.7 Å². The Kier molecular flexibility index (Phi) is 5.17. The number of para-hydroxylation sites is 1. The number of rotatable bonds is 6. The lowest BCUT2D eigenvalue weighted by atomic mass is 10.1. The van der Waals surface area contributed by atoms with Gasteiger partial charge in [-0.05, 0) is 37.9 Å². The summed E-state index contributed by atoms with van der Waals surface area (Å²) in [4.78, 5) is 10.8. The fourth-order valence-electron chi connectivity index (χ4n) is 2.21. The van der Waals surface area contributed by atoms with Gasteiger partial charge in [-0.2, -0.15) is 0 Å². The van der Waals surface area contributed by atoms with Gasteiger partial charge in [-0.1, -0.05) is 13.0 Å². The van der Waals surface area contributed by atoms with Gasteiger partial charge in [0.2, 0.25) is 11.5 Å². The van der Waals surface area contributed by atoms with Crippen molar-refractivity contribution in [3.05, 3.63) is 28.3 Å². The molecular formula is C14H20N2O4. The van der Waals surface area contributed by atoms with Crippen LogP contribution < -0.4 is 14.8 Å². The number of ether oxygens (including phenoxy) is 2. The third-order valence-electron chi connectivity index (χ3n) is 3.15. The number of hydrogen-bond acceptors (Lipinski definition) is 5. The maximum absolute atomic E-state index is 11.3. The van der Waals surface area contributed by atoms with E-state index >= 15 is 0 Å². The van der Waals surface area contributed by atoms with E-state index in [-0.39, 0.29) is 23.3 Å². The molecule has 0 aromatic heterocycles. The van der Waals surface area contributed by atoms with Crippen molar-refractivity contribution < 1.29 is 14.4 Å². The number of benzene rings is 1. The highest BCUT2D eigenvalue weighted by Gasteiger charge is 2.25. The Labute approximate surface area is 118 Å². The van der Waals surface area contributed by atoms with Gasteiger partial charge in [0.15, 0.2) is 0 Å². The van der Waals surface area contributed by atoms with Crippen LogP contribution in [0.3, 0.4) is 0 Å². The van der Waals surface area contributed by atoms with Gasteiger partial charge in [0.05, 0.1) is 11.5 Å². The predicted molar refractivity (Wildman–Crippen MR) is 75.4 cm³/mol. The molecule has 1 atom stereocenters. The third kappa shape index (κ3) is 3.60. The summed E-state index contributed by atoms with van der Waals surface area (Å²) >= 11 is 0. The molecule has 1 N–H and O–H groups in total. The first-order chi connectivity index (χ1) is 9.72. The fraction of sp³-hybridized carbons (Fsp3) is 0.571. The Morgan fingerprint density at radius 2 is 2.25 bits per heavy atom. The number of nitro groups is 1. The number of nitrogens with zero attached hydrogens (tertiary/aromatic N) is 1. The Bertz CT molecular complexity index is 458. The monoisotopic (exact) mass is 280 g/mol. The highest BCUT2D eigenvalue weighted by atomic mass is 16.6. The van der Waals surface area contributed by atoms with E-state index in [4.69, 9.17) is 9.47 Å². The quantitative estimate of drug-likeness (QED) is 0.640. The molecule has 0 amide bonds. The van der Waals surface area contributed by atoms with E-state index < -0.39 is 4.92 Å². The molecule has 20 heavy (non-hydrogen) atoms. The molecule has 1 saturated heterocycles. The van der Waals surface area contributed by atoms with E-state index in [1.54, 1.807) is 18.2 Å². The minimum Gasteiger partial charge on any atom is -0.487 e. The molecule has 110 valence electrons. The summed E-state index contributed by atoms with van der Waals surface area (Å²) < 4.78 is 11.2. The Morgan fingerprint density at radius 3 is 2.90 bits per heavy atom. The number of piperidine rings is 1. The highest BCUT2D eigenvalue weighted by Crippen LogP contribution is 2.37. The molecule has 1 fully saturated rings. The molecule has 1 aromatic rings. The lowest BCUT2D eigenvalue weighted by molar-refractivity contribution is -0.387. The van der Waals surface area contributed by atoms with Crippen LogP contribution in [0, 0.1) is 10.1 Å². The van der Waals surface area contributed by atoms with E-state index in [2.05, 4.69) is 5.32 Å². The summed E-state index contributed by atoms with van der Waals surface area (Å²) in [7, 11) is 0. The average molecular weight is 280 g/mol. The van der Waals surface area contributed by atoms with Gasteiger partial charge in [-0.25, -0.2) is 0 Å². The first-order valence-corrected chi connectivity index (χ1v) is 7.00. The summed E-state index contributed by atoms with van der Waals surface area (Å²) in [5.74, 6) is 0.565. The average Bonchev–Trinajstić information content (AvgIpc) is 2.46. The van der Waals surface area contributed by atoms with E-state index in [0.29, 0.717) is 6.61 Å². The van der Waals surface area contributed by atoms with Crippen molar-refractivity contribution >= 4 is 5.69 Å². The first-order valence-electron chi connectivity index (χ1n) is 7.00. The van der Waals surface area contributed by atoms with E-state index in [9.17, 15) is 10.1 Å². The van der Waals surface area contributed by atoms with Gasteiger partial charge in [0.1, 0.15) is 6.10 Å². The van der Waals surface area contributed by atoms with Crippen LogP contribution in [0.1, 0.15) is 26.2 Å². The number of nitrogens with one attached hydrogen (secondary N) is 1. The van der Waals surface area contributed by atoms with Gasteiger partial charge in [-0.3, -0.25) is 10.1 Å². The van der Waals surface area contributed by atoms with E-state index in [0.717, 1.165) is 32.4 Å². The van der Waals surface area contributed by atoms with E-state index in [1.807, 2.05) is 6.92 Å². The summed E-state index contributed by atoms with van der Waals surface area (Å²) in [6, 6.07) is 4.97. The molecule has 6 heteroatoms. The van der Waals surface area contributed by atoms with Crippen LogP contribution >= 0.6 is 0 Å². The second-order valence-electron chi connectivity index (χ2n) is 4.79. The zero-order valence-corrected chi connectivity index (χ0v) is 11.6. The SMILES string of the molecule is CCCOc1cccc(O[C@H]2CCCNC2)c1[N+](=O)[O-]. The minimum atomic E-state index is -0.434. The van der Waals surface area contributed by atoms with Crippen LogP contribution in [0.2, 0.25) is 0 Å². The molecule has 0 unspecified atom stereocenters. The van der Waals surface area contributed by atoms with Crippen molar-refractivity contribution in [1.82, 2.24) is 5.32 Å². The molecule has 1 heterocycles. The van der Waals surface area contributed by atoms with Crippen LogP contribution in [0.15, 0.2) is 18.2 Å². The van der Waals surface area contributed by atoms with Crippen LogP contribution in [-0.4, -0.2) is 30.7 Å². The zero-order chi connectivity index (χ0) is 14.4. The highest BCUT2D eigenvalue weighted by molar-refractivity contribution is 5.57. The molecule has 2 rings (SSSR count). The van der Waals surface area contributed by atoms with Gasteiger partial charge < -0.3 is 14.8 Å². The second-order valence-corrected chi connectivity index (χ2v) is 4.79. The van der Waals surface area contributed by atoms with Gasteiger partial charge in [0, 0.05) is 6.54 Å². The van der Waals surface area contributed by atoms with Crippen molar-refractivity contribution in [1.29, 1.82) is 0 Å². The number of hydrogen-bond donors (Lipinski definition) is 1. The van der Waals surface area contributed by atoms with Crippen LogP contribution in [-0.2, 0) is 0 Å². The summed E-state index contributed by atoms with van der Waals surface area (Å²) in [5.41, 5.74) is -0.0773.